The van der Waals surface area contributed by atoms with E-state index in [9.17, 15) is 5.11 Å². The maximum Gasteiger partial charge on any atom is 0.186 e. The molecule has 0 radical (unpaired) electrons. The first kappa shape index (κ1) is 17.7. The van der Waals surface area contributed by atoms with Crippen LogP contribution in [0, 0.1) is 6.92 Å². The smallest absolute Gasteiger partial charge is 0.186 e. The van der Waals surface area contributed by atoms with Crippen LogP contribution in [0.1, 0.15) is 34.5 Å². The van der Waals surface area contributed by atoms with Crippen LogP contribution in [-0.4, -0.2) is 5.11 Å². The Kier molecular flexibility index (Phi) is 4.88. The summed E-state index contributed by atoms with van der Waals surface area (Å²) in [6.07, 6.45) is 2.20. The molecule has 0 spiro atoms. The Morgan fingerprint density at radius 1 is 0.926 bits per heavy atom. The van der Waals surface area contributed by atoms with Crippen LogP contribution in [0.25, 0.3) is 5.70 Å². The molecule has 3 nitrogen and oxygen atoms in total. The molecule has 0 aliphatic carbocycles. The van der Waals surface area contributed by atoms with Gasteiger partial charge in [-0.15, -0.1) is 0 Å². The molecule has 0 bridgehead atoms. The number of nitrogens with two attached hydrogens (primary N) is 1. The lowest BCUT2D eigenvalue weighted by Crippen LogP contribution is -2.89. The molecule has 27 heavy (non-hydrogen) atoms. The van der Waals surface area contributed by atoms with E-state index in [0.29, 0.717) is 10.8 Å². The van der Waals surface area contributed by atoms with E-state index in [1.54, 1.807) is 6.07 Å². The average Bonchev–Trinajstić information content (AvgIpc) is 2.69. The summed E-state index contributed by atoms with van der Waals surface area (Å²) in [5, 5.41) is 16.9. The van der Waals surface area contributed by atoms with E-state index in [1.807, 2.05) is 42.5 Å². The molecule has 2 unspecified atom stereocenters. The predicted octanol–water partition coefficient (Wildman–Crippen LogP) is 4.30. The van der Waals surface area contributed by atoms with Crippen molar-refractivity contribution in [3.8, 4) is 5.75 Å². The highest BCUT2D eigenvalue weighted by molar-refractivity contribution is 6.30. The number of para-hydroxylation sites is 1. The average molecular weight is 378 g/mol. The summed E-state index contributed by atoms with van der Waals surface area (Å²) < 4.78 is 0. The third-order valence-corrected chi connectivity index (χ3v) is 5.20. The van der Waals surface area contributed by atoms with E-state index in [-0.39, 0.29) is 12.2 Å². The molecule has 0 fully saturated rings. The van der Waals surface area contributed by atoms with E-state index in [2.05, 4.69) is 47.9 Å². The molecule has 1 aliphatic heterocycles. The van der Waals surface area contributed by atoms with Crippen LogP contribution >= 0.6 is 11.6 Å². The molecule has 2 atom stereocenters. The first-order valence-electron chi connectivity index (χ1n) is 9.04. The third-order valence-electron chi connectivity index (χ3n) is 4.94. The topological polar surface area (TPSA) is 48.9 Å². The summed E-state index contributed by atoms with van der Waals surface area (Å²) >= 11 is 6.06. The quantitative estimate of drug-likeness (QED) is 0.637. The second kappa shape index (κ2) is 7.47. The van der Waals surface area contributed by atoms with Crippen molar-refractivity contribution in [2.75, 3.05) is 0 Å². The van der Waals surface area contributed by atoms with Crippen LogP contribution in [0.4, 0.5) is 0 Å². The number of aromatic hydroxyl groups is 1. The molecule has 0 saturated carbocycles. The number of halogens is 1. The fourth-order valence-corrected chi connectivity index (χ4v) is 3.57. The summed E-state index contributed by atoms with van der Waals surface area (Å²) in [6, 6.07) is 23.9. The van der Waals surface area contributed by atoms with Gasteiger partial charge in [0.15, 0.2) is 6.17 Å². The number of phenolic OH excluding ortho intramolecular Hbond substituents is 1. The van der Waals surface area contributed by atoms with E-state index in [4.69, 9.17) is 11.6 Å². The summed E-state index contributed by atoms with van der Waals surface area (Å²) in [5.41, 5.74) is 5.45. The number of nitrogens with one attached hydrogen (secondary N) is 1. The summed E-state index contributed by atoms with van der Waals surface area (Å²) in [5.74, 6) is 0.315. The van der Waals surface area contributed by atoms with Gasteiger partial charge in [-0.25, -0.2) is 0 Å². The molecular formula is C23H22ClN2O+. The van der Waals surface area contributed by atoms with Gasteiger partial charge in [0.05, 0.1) is 5.56 Å². The maximum absolute atomic E-state index is 10.4. The highest BCUT2D eigenvalue weighted by Crippen LogP contribution is 2.29. The SMILES string of the molecule is Cc1ccc(C2NC(c3ccc(Cl)cc3)=CC(c3ccccc3O)[NH2+]2)cc1. The Bertz CT molecular complexity index is 964. The Balaban J connectivity index is 1.75. The zero-order valence-electron chi connectivity index (χ0n) is 15.1. The second-order valence-corrected chi connectivity index (χ2v) is 7.33. The van der Waals surface area contributed by atoms with Gasteiger partial charge in [-0.2, -0.15) is 0 Å². The van der Waals surface area contributed by atoms with Gasteiger partial charge in [0.2, 0.25) is 0 Å². The van der Waals surface area contributed by atoms with Crippen molar-refractivity contribution in [3.05, 3.63) is 106 Å². The van der Waals surface area contributed by atoms with Crippen molar-refractivity contribution in [1.82, 2.24) is 5.32 Å². The van der Waals surface area contributed by atoms with E-state index in [0.717, 1.165) is 16.8 Å². The Hall–Kier alpha value is -2.75. The molecule has 3 aromatic rings. The van der Waals surface area contributed by atoms with Crippen LogP contribution < -0.4 is 10.6 Å². The van der Waals surface area contributed by atoms with Crippen LogP contribution in [0.5, 0.6) is 5.75 Å². The first-order chi connectivity index (χ1) is 13.1. The number of rotatable bonds is 3. The van der Waals surface area contributed by atoms with E-state index < -0.39 is 0 Å². The van der Waals surface area contributed by atoms with E-state index >= 15 is 0 Å². The molecule has 136 valence electrons. The normalized spacial score (nSPS) is 19.3. The number of quaternary nitrogens is 1. The molecule has 1 aliphatic rings. The van der Waals surface area contributed by atoms with Crippen LogP contribution in [0.2, 0.25) is 5.02 Å². The third kappa shape index (κ3) is 3.85. The lowest BCUT2D eigenvalue weighted by Gasteiger charge is -2.30. The van der Waals surface area contributed by atoms with Gasteiger partial charge < -0.3 is 15.7 Å². The lowest BCUT2D eigenvalue weighted by atomic mass is 9.97. The fraction of sp³-hybridized carbons (Fsp3) is 0.130. The molecule has 0 amide bonds. The van der Waals surface area contributed by atoms with Crippen LogP contribution in [0.15, 0.2) is 78.9 Å². The molecule has 0 saturated heterocycles. The van der Waals surface area contributed by atoms with Crippen LogP contribution in [0.3, 0.4) is 0 Å². The zero-order valence-corrected chi connectivity index (χ0v) is 15.8. The number of aryl methyl sites for hydroxylation is 1. The molecule has 4 N–H and O–H groups in total. The highest BCUT2D eigenvalue weighted by Gasteiger charge is 2.29. The van der Waals surface area contributed by atoms with Crippen molar-refractivity contribution in [3.63, 3.8) is 0 Å². The van der Waals surface area contributed by atoms with Crippen molar-refractivity contribution in [1.29, 1.82) is 0 Å². The number of phenols is 1. The van der Waals surface area contributed by atoms with Crippen molar-refractivity contribution in [2.24, 2.45) is 0 Å². The minimum atomic E-state index is 0.00410. The largest absolute Gasteiger partial charge is 0.507 e. The van der Waals surface area contributed by atoms with Gasteiger partial charge in [-0.1, -0.05) is 65.7 Å². The Morgan fingerprint density at radius 3 is 2.33 bits per heavy atom. The fourth-order valence-electron chi connectivity index (χ4n) is 3.45. The zero-order chi connectivity index (χ0) is 18.8. The van der Waals surface area contributed by atoms with Crippen molar-refractivity contribution >= 4 is 17.3 Å². The number of benzene rings is 3. The molecule has 4 rings (SSSR count). The van der Waals surface area contributed by atoms with Gasteiger partial charge in [0.1, 0.15) is 11.8 Å². The van der Waals surface area contributed by atoms with Gasteiger partial charge >= 0.3 is 0 Å². The first-order valence-corrected chi connectivity index (χ1v) is 9.42. The van der Waals surface area contributed by atoms with Crippen LogP contribution in [-0.2, 0) is 0 Å². The second-order valence-electron chi connectivity index (χ2n) is 6.90. The molecule has 0 aromatic heterocycles. The van der Waals surface area contributed by atoms with Crippen molar-refractivity contribution in [2.45, 2.75) is 19.1 Å². The summed E-state index contributed by atoms with van der Waals surface area (Å²) in [4.78, 5) is 0. The monoisotopic (exact) mass is 377 g/mol. The highest BCUT2D eigenvalue weighted by atomic mass is 35.5. The Labute approximate surface area is 164 Å². The number of hydrogen-bond acceptors (Lipinski definition) is 2. The van der Waals surface area contributed by atoms with Gasteiger partial charge in [-0.05, 0) is 36.8 Å². The summed E-state index contributed by atoms with van der Waals surface area (Å²) in [7, 11) is 0. The maximum atomic E-state index is 10.4. The van der Waals surface area contributed by atoms with Gasteiger partial charge in [-0.3, -0.25) is 0 Å². The van der Waals surface area contributed by atoms with E-state index in [1.165, 1.54) is 11.1 Å². The molecule has 3 aromatic carbocycles. The lowest BCUT2D eigenvalue weighted by molar-refractivity contribution is -0.731. The van der Waals surface area contributed by atoms with Crippen molar-refractivity contribution < 1.29 is 10.4 Å². The minimum absolute atomic E-state index is 0.00410. The molecule has 4 heteroatoms. The number of hydrogen-bond donors (Lipinski definition) is 3. The van der Waals surface area contributed by atoms with Gasteiger partial charge in [0.25, 0.3) is 0 Å². The molecule has 1 heterocycles. The van der Waals surface area contributed by atoms with Gasteiger partial charge in [0, 0.05) is 22.4 Å². The standard InChI is InChI=1S/C23H21ClN2O/c1-15-6-8-17(9-7-15)23-25-20(16-10-12-18(24)13-11-16)14-21(26-23)19-4-2-3-5-22(19)27/h2-14,21,23,25-27H,1H3/p+1. The molecular weight excluding hydrogens is 356 g/mol. The summed E-state index contributed by atoms with van der Waals surface area (Å²) in [6.45, 7) is 2.09. The predicted molar refractivity (Wildman–Crippen MR) is 109 cm³/mol. The Morgan fingerprint density at radius 2 is 1.63 bits per heavy atom. The minimum Gasteiger partial charge on any atom is -0.507 e.